The van der Waals surface area contributed by atoms with E-state index in [0.29, 0.717) is 11.7 Å². The molecule has 0 fully saturated rings. The number of nitrogens with two attached hydrogens (primary N) is 1. The number of aromatic nitrogens is 2. The van der Waals surface area contributed by atoms with E-state index in [4.69, 9.17) is 22.5 Å². The molecule has 0 unspecified atom stereocenters. The zero-order chi connectivity index (χ0) is 12.3. The Bertz CT molecular complexity index is 521. The fraction of sp³-hybridized carbons (Fsp3) is 0.182. The highest BCUT2D eigenvalue weighted by atomic mass is 32.1. The molecule has 17 heavy (non-hydrogen) atoms. The largest absolute Gasteiger partial charge is 0.376 e. The van der Waals surface area contributed by atoms with Crippen molar-refractivity contribution in [3.63, 3.8) is 0 Å². The van der Waals surface area contributed by atoms with Gasteiger partial charge < -0.3 is 15.6 Å². The molecule has 5 nitrogen and oxygen atoms in total. The van der Waals surface area contributed by atoms with Crippen molar-refractivity contribution in [2.75, 3.05) is 5.32 Å². The average molecular weight is 248 g/mol. The van der Waals surface area contributed by atoms with Crippen LogP contribution in [0.1, 0.15) is 12.7 Å². The van der Waals surface area contributed by atoms with Crippen molar-refractivity contribution in [1.29, 1.82) is 0 Å². The van der Waals surface area contributed by atoms with E-state index in [0.717, 1.165) is 17.7 Å². The van der Waals surface area contributed by atoms with E-state index in [1.807, 2.05) is 31.2 Å². The molecule has 2 aromatic rings. The first-order valence-electron chi connectivity index (χ1n) is 5.18. The number of anilines is 1. The minimum atomic E-state index is 0.240. The third-order valence-electron chi connectivity index (χ3n) is 2.18. The van der Waals surface area contributed by atoms with Gasteiger partial charge in [0, 0.05) is 17.7 Å². The summed E-state index contributed by atoms with van der Waals surface area (Å²) in [6.07, 6.45) is 0.755. The van der Waals surface area contributed by atoms with Gasteiger partial charge in [0.2, 0.25) is 0 Å². The molecule has 0 spiro atoms. The lowest BCUT2D eigenvalue weighted by molar-refractivity contribution is 0.423. The van der Waals surface area contributed by atoms with Crippen LogP contribution in [0.3, 0.4) is 0 Å². The number of aryl methyl sites for hydroxylation is 1. The Labute approximate surface area is 104 Å². The van der Waals surface area contributed by atoms with Crippen LogP contribution >= 0.6 is 12.2 Å². The maximum absolute atomic E-state index is 5.37. The molecule has 0 saturated heterocycles. The summed E-state index contributed by atoms with van der Waals surface area (Å²) in [6, 6.07) is 7.44. The van der Waals surface area contributed by atoms with E-state index in [1.54, 1.807) is 0 Å². The maximum atomic E-state index is 5.37. The Morgan fingerprint density at radius 3 is 2.65 bits per heavy atom. The van der Waals surface area contributed by atoms with Gasteiger partial charge in [0.15, 0.2) is 10.9 Å². The molecule has 0 aliphatic carbocycles. The van der Waals surface area contributed by atoms with Crippen molar-refractivity contribution >= 4 is 23.0 Å². The molecule has 0 radical (unpaired) electrons. The summed E-state index contributed by atoms with van der Waals surface area (Å²) in [6.45, 7) is 1.98. The van der Waals surface area contributed by atoms with Crippen molar-refractivity contribution in [1.82, 2.24) is 10.1 Å². The second-order valence-corrected chi connectivity index (χ2v) is 3.88. The van der Waals surface area contributed by atoms with E-state index in [9.17, 15) is 0 Å². The molecule has 1 aromatic heterocycles. The zero-order valence-corrected chi connectivity index (χ0v) is 10.1. The predicted octanol–water partition coefficient (Wildman–Crippen LogP) is 1.95. The van der Waals surface area contributed by atoms with Crippen LogP contribution in [0.25, 0.3) is 11.5 Å². The minimum absolute atomic E-state index is 0.240. The molecule has 88 valence electrons. The van der Waals surface area contributed by atoms with Crippen LogP contribution in [0.5, 0.6) is 0 Å². The summed E-state index contributed by atoms with van der Waals surface area (Å²) in [7, 11) is 0. The number of rotatable bonds is 3. The molecule has 0 aliphatic heterocycles. The summed E-state index contributed by atoms with van der Waals surface area (Å²) in [4.78, 5) is 4.24. The van der Waals surface area contributed by atoms with Crippen LogP contribution in [0.4, 0.5) is 5.69 Å². The van der Waals surface area contributed by atoms with Crippen LogP contribution < -0.4 is 11.1 Å². The highest BCUT2D eigenvalue weighted by Crippen LogP contribution is 2.19. The van der Waals surface area contributed by atoms with Gasteiger partial charge in [-0.2, -0.15) is 4.98 Å². The molecule has 0 aliphatic rings. The van der Waals surface area contributed by atoms with E-state index >= 15 is 0 Å². The molecule has 6 heteroatoms. The lowest BCUT2D eigenvalue weighted by Gasteiger charge is -2.03. The molecular formula is C11H12N4OS. The van der Waals surface area contributed by atoms with Gasteiger partial charge in [0.25, 0.3) is 5.89 Å². The fourth-order valence-electron chi connectivity index (χ4n) is 1.35. The number of benzene rings is 1. The summed E-state index contributed by atoms with van der Waals surface area (Å²) in [5, 5.41) is 6.92. The normalized spacial score (nSPS) is 10.2. The summed E-state index contributed by atoms with van der Waals surface area (Å²) < 4.78 is 5.13. The van der Waals surface area contributed by atoms with Gasteiger partial charge in [-0.3, -0.25) is 0 Å². The Kier molecular flexibility index (Phi) is 3.34. The molecule has 3 N–H and O–H groups in total. The first-order chi connectivity index (χ1) is 8.19. The van der Waals surface area contributed by atoms with E-state index < -0.39 is 0 Å². The Hall–Kier alpha value is -1.95. The predicted molar refractivity (Wildman–Crippen MR) is 69.5 cm³/mol. The first-order valence-corrected chi connectivity index (χ1v) is 5.59. The third-order valence-corrected chi connectivity index (χ3v) is 2.29. The second kappa shape index (κ2) is 4.92. The van der Waals surface area contributed by atoms with Crippen LogP contribution in [-0.4, -0.2) is 15.3 Å². The summed E-state index contributed by atoms with van der Waals surface area (Å²) >= 11 is 4.75. The van der Waals surface area contributed by atoms with Gasteiger partial charge in [0.1, 0.15) is 0 Å². The summed E-state index contributed by atoms with van der Waals surface area (Å²) in [5.74, 6) is 1.22. The fourth-order valence-corrected chi connectivity index (χ4v) is 1.47. The third kappa shape index (κ3) is 2.79. The molecule has 0 atom stereocenters. The van der Waals surface area contributed by atoms with Crippen molar-refractivity contribution in [2.45, 2.75) is 13.3 Å². The first kappa shape index (κ1) is 11.5. The summed E-state index contributed by atoms with van der Waals surface area (Å²) in [5.41, 5.74) is 7.07. The van der Waals surface area contributed by atoms with Crippen LogP contribution in [0.2, 0.25) is 0 Å². The lowest BCUT2D eigenvalue weighted by atomic mass is 10.2. The van der Waals surface area contributed by atoms with Gasteiger partial charge >= 0.3 is 0 Å². The topological polar surface area (TPSA) is 77.0 Å². The molecule has 2 rings (SSSR count). The van der Waals surface area contributed by atoms with Gasteiger partial charge in [0.05, 0.1) is 0 Å². The van der Waals surface area contributed by atoms with Gasteiger partial charge in [-0.15, -0.1) is 0 Å². The molecular weight excluding hydrogens is 236 g/mol. The van der Waals surface area contributed by atoms with Crippen molar-refractivity contribution in [3.05, 3.63) is 30.1 Å². The van der Waals surface area contributed by atoms with E-state index in [1.165, 1.54) is 0 Å². The number of hydrogen-bond donors (Lipinski definition) is 2. The van der Waals surface area contributed by atoms with Crippen molar-refractivity contribution in [2.24, 2.45) is 5.73 Å². The number of thiocarbonyl (C=S) groups is 1. The number of nitrogens with one attached hydrogen (secondary N) is 1. The molecule has 0 bridgehead atoms. The smallest absolute Gasteiger partial charge is 0.257 e. The van der Waals surface area contributed by atoms with Crippen molar-refractivity contribution in [3.8, 4) is 11.5 Å². The van der Waals surface area contributed by atoms with Gasteiger partial charge in [-0.05, 0) is 36.5 Å². The SMILES string of the molecule is CCc1noc(-c2ccc(NC(N)=S)cc2)n1. The second-order valence-electron chi connectivity index (χ2n) is 3.44. The lowest BCUT2D eigenvalue weighted by Crippen LogP contribution is -2.18. The quantitative estimate of drug-likeness (QED) is 0.808. The average Bonchev–Trinajstić information content (AvgIpc) is 2.78. The molecule has 0 saturated carbocycles. The molecule has 0 amide bonds. The highest BCUT2D eigenvalue weighted by molar-refractivity contribution is 7.80. The Morgan fingerprint density at radius 1 is 1.41 bits per heavy atom. The highest BCUT2D eigenvalue weighted by Gasteiger charge is 2.07. The number of nitrogens with zero attached hydrogens (tertiary/aromatic N) is 2. The standard InChI is InChI=1S/C11H12N4OS/c1-2-9-14-10(16-15-9)7-3-5-8(6-4-7)13-11(12)17/h3-6H,2H2,1H3,(H3,12,13,17). The molecule has 1 aromatic carbocycles. The maximum Gasteiger partial charge on any atom is 0.257 e. The van der Waals surface area contributed by atoms with E-state index in [2.05, 4.69) is 15.5 Å². The zero-order valence-electron chi connectivity index (χ0n) is 9.30. The van der Waals surface area contributed by atoms with Crippen LogP contribution in [0, 0.1) is 0 Å². The minimum Gasteiger partial charge on any atom is -0.376 e. The van der Waals surface area contributed by atoms with Crippen molar-refractivity contribution < 1.29 is 4.52 Å². The van der Waals surface area contributed by atoms with Crippen LogP contribution in [-0.2, 0) is 6.42 Å². The van der Waals surface area contributed by atoms with Crippen LogP contribution in [0.15, 0.2) is 28.8 Å². The van der Waals surface area contributed by atoms with Gasteiger partial charge in [-0.25, -0.2) is 0 Å². The van der Waals surface area contributed by atoms with E-state index in [-0.39, 0.29) is 5.11 Å². The monoisotopic (exact) mass is 248 g/mol. The number of hydrogen-bond acceptors (Lipinski definition) is 4. The molecule has 1 heterocycles. The Morgan fingerprint density at radius 2 is 2.12 bits per heavy atom. The Balaban J connectivity index is 2.19. The van der Waals surface area contributed by atoms with Gasteiger partial charge in [-0.1, -0.05) is 12.1 Å².